The zero-order valence-corrected chi connectivity index (χ0v) is 10.5. The van der Waals surface area contributed by atoms with Crippen LogP contribution in [-0.2, 0) is 4.74 Å². The molecule has 1 heterocycles. The summed E-state index contributed by atoms with van der Waals surface area (Å²) in [5.74, 6) is -0.478. The number of carbonyl (C=O) groups excluding carboxylic acids is 1. The molecular weight excluding hydrogens is 234 g/mol. The van der Waals surface area contributed by atoms with Gasteiger partial charge in [-0.1, -0.05) is 0 Å². The van der Waals surface area contributed by atoms with Crippen LogP contribution in [0.25, 0.3) is 0 Å². The van der Waals surface area contributed by atoms with E-state index in [1.165, 1.54) is 18.2 Å². The number of phenolic OH excluding ortho intramolecular Hbond substituents is 2. The third-order valence-electron chi connectivity index (χ3n) is 3.30. The van der Waals surface area contributed by atoms with Gasteiger partial charge in [-0.05, 0) is 25.5 Å². The van der Waals surface area contributed by atoms with Gasteiger partial charge in [0.25, 0.3) is 5.91 Å². The first-order valence-corrected chi connectivity index (χ1v) is 5.91. The first-order valence-electron chi connectivity index (χ1n) is 5.91. The Bertz CT molecular complexity index is 440. The number of nitrogens with zero attached hydrogens (tertiary/aromatic N) is 1. The lowest BCUT2D eigenvalue weighted by atomic mass is 10.1. The molecule has 2 unspecified atom stereocenters. The molecule has 0 bridgehead atoms. The molecule has 0 radical (unpaired) electrons. The molecule has 1 amide bonds. The van der Waals surface area contributed by atoms with Crippen molar-refractivity contribution in [3.63, 3.8) is 0 Å². The maximum Gasteiger partial charge on any atom is 0.254 e. The minimum absolute atomic E-state index is 0.00450. The van der Waals surface area contributed by atoms with Crippen LogP contribution < -0.4 is 0 Å². The number of aromatic hydroxyl groups is 2. The SMILES string of the molecule is CC1OCCC1N(C)C(=O)c1cc(O)cc(O)c1. The minimum Gasteiger partial charge on any atom is -0.508 e. The Labute approximate surface area is 106 Å². The molecule has 5 heteroatoms. The first-order chi connectivity index (χ1) is 8.49. The summed E-state index contributed by atoms with van der Waals surface area (Å²) < 4.78 is 5.43. The number of hydrogen-bond acceptors (Lipinski definition) is 4. The molecule has 0 saturated carbocycles. The Morgan fingerprint density at radius 3 is 2.44 bits per heavy atom. The molecule has 1 aromatic carbocycles. The van der Waals surface area contributed by atoms with Crippen molar-refractivity contribution in [3.05, 3.63) is 23.8 Å². The number of amides is 1. The van der Waals surface area contributed by atoms with Gasteiger partial charge in [-0.3, -0.25) is 4.79 Å². The number of carbonyl (C=O) groups is 1. The van der Waals surface area contributed by atoms with Crippen molar-refractivity contribution in [2.24, 2.45) is 0 Å². The molecule has 5 nitrogen and oxygen atoms in total. The third kappa shape index (κ3) is 2.41. The van der Waals surface area contributed by atoms with E-state index in [2.05, 4.69) is 0 Å². The topological polar surface area (TPSA) is 70.0 Å². The molecule has 0 aliphatic carbocycles. The summed E-state index contributed by atoms with van der Waals surface area (Å²) in [6.45, 7) is 2.58. The van der Waals surface area contributed by atoms with E-state index in [0.29, 0.717) is 6.61 Å². The molecule has 2 atom stereocenters. The summed E-state index contributed by atoms with van der Waals surface area (Å²) >= 11 is 0. The van der Waals surface area contributed by atoms with Crippen LogP contribution >= 0.6 is 0 Å². The molecule has 98 valence electrons. The summed E-state index contributed by atoms with van der Waals surface area (Å²) in [6.07, 6.45) is 0.804. The average Bonchev–Trinajstić information content (AvgIpc) is 2.72. The second kappa shape index (κ2) is 4.86. The molecule has 2 rings (SSSR count). The van der Waals surface area contributed by atoms with E-state index in [-0.39, 0.29) is 35.1 Å². The van der Waals surface area contributed by atoms with Gasteiger partial charge in [-0.2, -0.15) is 0 Å². The smallest absolute Gasteiger partial charge is 0.254 e. The molecule has 2 N–H and O–H groups in total. The quantitative estimate of drug-likeness (QED) is 0.832. The second-order valence-corrected chi connectivity index (χ2v) is 4.59. The monoisotopic (exact) mass is 251 g/mol. The highest BCUT2D eigenvalue weighted by atomic mass is 16.5. The van der Waals surface area contributed by atoms with Gasteiger partial charge in [-0.15, -0.1) is 0 Å². The van der Waals surface area contributed by atoms with Crippen LogP contribution in [0.4, 0.5) is 0 Å². The molecule has 18 heavy (non-hydrogen) atoms. The Balaban J connectivity index is 2.19. The van der Waals surface area contributed by atoms with Crippen molar-refractivity contribution in [1.82, 2.24) is 4.90 Å². The predicted molar refractivity (Wildman–Crippen MR) is 65.7 cm³/mol. The van der Waals surface area contributed by atoms with Crippen LogP contribution in [0.1, 0.15) is 23.7 Å². The average molecular weight is 251 g/mol. The number of hydrogen-bond donors (Lipinski definition) is 2. The summed E-state index contributed by atoms with van der Waals surface area (Å²) in [6, 6.07) is 3.91. The normalized spacial score (nSPS) is 23.0. The van der Waals surface area contributed by atoms with Gasteiger partial charge in [0.05, 0.1) is 12.1 Å². The molecule has 0 aromatic heterocycles. The molecule has 1 fully saturated rings. The zero-order valence-electron chi connectivity index (χ0n) is 10.5. The van der Waals surface area contributed by atoms with Gasteiger partial charge in [0.1, 0.15) is 11.5 Å². The number of rotatable bonds is 2. The number of phenols is 2. The molecule has 1 saturated heterocycles. The Kier molecular flexibility index (Phi) is 3.43. The highest BCUT2D eigenvalue weighted by Crippen LogP contribution is 2.24. The predicted octanol–water partition coefficient (Wildman–Crippen LogP) is 1.35. The van der Waals surface area contributed by atoms with Crippen molar-refractivity contribution >= 4 is 5.91 Å². The largest absolute Gasteiger partial charge is 0.508 e. The van der Waals surface area contributed by atoms with Gasteiger partial charge in [0.15, 0.2) is 0 Å². The second-order valence-electron chi connectivity index (χ2n) is 4.59. The fourth-order valence-corrected chi connectivity index (χ4v) is 2.30. The van der Waals surface area contributed by atoms with Crippen molar-refractivity contribution in [2.45, 2.75) is 25.5 Å². The maximum atomic E-state index is 12.2. The van der Waals surface area contributed by atoms with Gasteiger partial charge in [-0.25, -0.2) is 0 Å². The summed E-state index contributed by atoms with van der Waals surface area (Å²) in [5.41, 5.74) is 0.272. The summed E-state index contributed by atoms with van der Waals surface area (Å²) in [4.78, 5) is 13.8. The van der Waals surface area contributed by atoms with Crippen LogP contribution in [0.3, 0.4) is 0 Å². The van der Waals surface area contributed by atoms with Crippen molar-refractivity contribution in [3.8, 4) is 11.5 Å². The van der Waals surface area contributed by atoms with Gasteiger partial charge in [0, 0.05) is 25.3 Å². The van der Waals surface area contributed by atoms with Crippen LogP contribution in [0.5, 0.6) is 11.5 Å². The highest BCUT2D eigenvalue weighted by molar-refractivity contribution is 5.95. The van der Waals surface area contributed by atoms with E-state index >= 15 is 0 Å². The molecule has 1 aromatic rings. The van der Waals surface area contributed by atoms with Gasteiger partial charge >= 0.3 is 0 Å². The molecule has 0 spiro atoms. The Morgan fingerprint density at radius 2 is 1.94 bits per heavy atom. The Hall–Kier alpha value is -1.75. The van der Waals surface area contributed by atoms with Gasteiger partial charge < -0.3 is 19.8 Å². The first kappa shape index (κ1) is 12.7. The van der Waals surface area contributed by atoms with Crippen LogP contribution in [-0.4, -0.2) is 46.8 Å². The van der Waals surface area contributed by atoms with E-state index < -0.39 is 0 Å². The molecular formula is C13H17NO4. The number of benzene rings is 1. The van der Waals surface area contributed by atoms with E-state index in [1.54, 1.807) is 11.9 Å². The highest BCUT2D eigenvalue weighted by Gasteiger charge is 2.31. The fraction of sp³-hybridized carbons (Fsp3) is 0.462. The lowest BCUT2D eigenvalue weighted by Crippen LogP contribution is -2.40. The molecule has 1 aliphatic rings. The van der Waals surface area contributed by atoms with Crippen LogP contribution in [0.2, 0.25) is 0 Å². The van der Waals surface area contributed by atoms with Crippen molar-refractivity contribution in [1.29, 1.82) is 0 Å². The fourth-order valence-electron chi connectivity index (χ4n) is 2.30. The van der Waals surface area contributed by atoms with Crippen molar-refractivity contribution < 1.29 is 19.7 Å². The summed E-state index contributed by atoms with van der Waals surface area (Å²) in [7, 11) is 1.71. The standard InChI is InChI=1S/C13H17NO4/c1-8-12(3-4-18-8)14(2)13(17)9-5-10(15)7-11(16)6-9/h5-8,12,15-16H,3-4H2,1-2H3. The summed E-state index contributed by atoms with van der Waals surface area (Å²) in [5, 5.41) is 18.8. The van der Waals surface area contributed by atoms with Crippen LogP contribution in [0.15, 0.2) is 18.2 Å². The zero-order chi connectivity index (χ0) is 13.3. The molecule has 1 aliphatic heterocycles. The van der Waals surface area contributed by atoms with E-state index in [9.17, 15) is 15.0 Å². The van der Waals surface area contributed by atoms with Crippen molar-refractivity contribution in [2.75, 3.05) is 13.7 Å². The number of likely N-dealkylation sites (N-methyl/N-ethyl adjacent to an activating group) is 1. The lowest BCUT2D eigenvalue weighted by molar-refractivity contribution is 0.0574. The van der Waals surface area contributed by atoms with E-state index in [1.807, 2.05) is 6.92 Å². The minimum atomic E-state index is -0.233. The van der Waals surface area contributed by atoms with E-state index in [4.69, 9.17) is 4.74 Å². The van der Waals surface area contributed by atoms with Gasteiger partial charge in [0.2, 0.25) is 0 Å². The lowest BCUT2D eigenvalue weighted by Gasteiger charge is -2.26. The third-order valence-corrected chi connectivity index (χ3v) is 3.30. The Morgan fingerprint density at radius 1 is 1.33 bits per heavy atom. The maximum absolute atomic E-state index is 12.2. The van der Waals surface area contributed by atoms with E-state index in [0.717, 1.165) is 6.42 Å². The van der Waals surface area contributed by atoms with Crippen LogP contribution in [0, 0.1) is 0 Å². The number of ether oxygens (including phenoxy) is 1.